The Hall–Kier alpha value is -0.0800. The van der Waals surface area contributed by atoms with Gasteiger partial charge in [0.25, 0.3) is 0 Å². The molecule has 1 aliphatic carbocycles. The molecule has 3 unspecified atom stereocenters. The maximum Gasteiger partial charge on any atom is 0.0223 e. The second kappa shape index (κ2) is 4.06. The normalized spacial score (nSPS) is 42.6. The second-order valence-electron chi connectivity index (χ2n) is 5.92. The third kappa shape index (κ3) is 2.21. The lowest BCUT2D eigenvalue weighted by Crippen LogP contribution is -2.55. The van der Waals surface area contributed by atoms with Crippen molar-refractivity contribution in [3.63, 3.8) is 0 Å². The van der Waals surface area contributed by atoms with E-state index in [-0.39, 0.29) is 0 Å². The molecule has 3 fully saturated rings. The second-order valence-corrected chi connectivity index (χ2v) is 5.92. The molecule has 2 heterocycles. The smallest absolute Gasteiger partial charge is 0.0223 e. The molecule has 3 rings (SSSR count). The topological polar surface area (TPSA) is 6.48 Å². The largest absolute Gasteiger partial charge is 0.300 e. The predicted octanol–water partition coefficient (Wildman–Crippen LogP) is 1.81. The van der Waals surface area contributed by atoms with Crippen molar-refractivity contribution in [2.45, 2.75) is 38.6 Å². The van der Waals surface area contributed by atoms with Crippen molar-refractivity contribution < 1.29 is 0 Å². The van der Waals surface area contributed by atoms with E-state index in [1.165, 1.54) is 58.4 Å². The summed E-state index contributed by atoms with van der Waals surface area (Å²) in [6, 6.07) is 0.904. The zero-order chi connectivity index (χ0) is 10.3. The van der Waals surface area contributed by atoms with E-state index in [2.05, 4.69) is 16.7 Å². The summed E-state index contributed by atoms with van der Waals surface area (Å²) in [6.07, 6.45) is 5.85. The highest BCUT2D eigenvalue weighted by molar-refractivity contribution is 4.90. The van der Waals surface area contributed by atoms with Crippen molar-refractivity contribution in [3.8, 4) is 0 Å². The van der Waals surface area contributed by atoms with E-state index in [1.807, 2.05) is 0 Å². The Balaban J connectivity index is 1.51. The van der Waals surface area contributed by atoms with Gasteiger partial charge >= 0.3 is 0 Å². The Bertz CT molecular complexity index is 229. The third-order valence-corrected chi connectivity index (χ3v) is 4.69. The van der Waals surface area contributed by atoms with Crippen LogP contribution in [0.15, 0.2) is 0 Å². The van der Waals surface area contributed by atoms with Gasteiger partial charge in [0.1, 0.15) is 0 Å². The van der Waals surface area contributed by atoms with Crippen LogP contribution in [0.3, 0.4) is 0 Å². The average molecular weight is 208 g/mol. The molecule has 2 aliphatic heterocycles. The molecule has 0 amide bonds. The van der Waals surface area contributed by atoms with Gasteiger partial charge in [0, 0.05) is 32.2 Å². The quantitative estimate of drug-likeness (QED) is 0.683. The molecular weight excluding hydrogens is 184 g/mol. The fraction of sp³-hybridized carbons (Fsp3) is 1.00. The molecule has 0 aromatic heterocycles. The molecule has 0 aromatic carbocycles. The molecule has 3 aliphatic rings. The highest BCUT2D eigenvalue weighted by Crippen LogP contribution is 2.38. The summed E-state index contributed by atoms with van der Waals surface area (Å²) in [6.45, 7) is 9.21. The third-order valence-electron chi connectivity index (χ3n) is 4.69. The molecule has 1 saturated carbocycles. The Morgan fingerprint density at radius 1 is 1.13 bits per heavy atom. The molecule has 0 bridgehead atoms. The van der Waals surface area contributed by atoms with Gasteiger partial charge in [0.2, 0.25) is 0 Å². The van der Waals surface area contributed by atoms with Crippen molar-refractivity contribution >= 4 is 0 Å². The molecule has 0 N–H and O–H groups in total. The standard InChI is InChI=1S/C13H24N2/c1-11-8-12(11)9-14-6-7-15-5-3-2-4-13(15)10-14/h11-13H,2-10H2,1H3. The molecule has 15 heavy (non-hydrogen) atoms. The van der Waals surface area contributed by atoms with Gasteiger partial charge < -0.3 is 4.90 Å². The minimum Gasteiger partial charge on any atom is -0.300 e. The van der Waals surface area contributed by atoms with Gasteiger partial charge in [-0.1, -0.05) is 13.3 Å². The van der Waals surface area contributed by atoms with Crippen LogP contribution < -0.4 is 0 Å². The van der Waals surface area contributed by atoms with E-state index in [0.29, 0.717) is 0 Å². The maximum atomic E-state index is 2.74. The van der Waals surface area contributed by atoms with Crippen molar-refractivity contribution in [3.05, 3.63) is 0 Å². The van der Waals surface area contributed by atoms with E-state index in [0.717, 1.165) is 17.9 Å². The molecule has 2 saturated heterocycles. The molecule has 2 nitrogen and oxygen atoms in total. The van der Waals surface area contributed by atoms with Crippen molar-refractivity contribution in [1.82, 2.24) is 9.80 Å². The van der Waals surface area contributed by atoms with Gasteiger partial charge in [-0.2, -0.15) is 0 Å². The molecule has 0 spiro atoms. The SMILES string of the molecule is CC1CC1CN1CCN2CCCCC2C1. The maximum absolute atomic E-state index is 2.74. The summed E-state index contributed by atoms with van der Waals surface area (Å²) in [7, 11) is 0. The zero-order valence-electron chi connectivity index (χ0n) is 9.99. The highest BCUT2D eigenvalue weighted by Gasteiger charge is 2.36. The van der Waals surface area contributed by atoms with E-state index in [9.17, 15) is 0 Å². The number of rotatable bonds is 2. The number of hydrogen-bond acceptors (Lipinski definition) is 2. The Kier molecular flexibility index (Phi) is 2.73. The van der Waals surface area contributed by atoms with Crippen LogP contribution in [-0.2, 0) is 0 Å². The fourth-order valence-electron chi connectivity index (χ4n) is 3.37. The number of nitrogens with zero attached hydrogens (tertiary/aromatic N) is 2. The van der Waals surface area contributed by atoms with Crippen molar-refractivity contribution in [2.24, 2.45) is 11.8 Å². The van der Waals surface area contributed by atoms with Gasteiger partial charge in [0.15, 0.2) is 0 Å². The van der Waals surface area contributed by atoms with Gasteiger partial charge in [-0.05, 0) is 37.6 Å². The molecule has 0 radical (unpaired) electrons. The van der Waals surface area contributed by atoms with Crippen LogP contribution >= 0.6 is 0 Å². The van der Waals surface area contributed by atoms with Crippen LogP contribution in [0.1, 0.15) is 32.6 Å². The lowest BCUT2D eigenvalue weighted by molar-refractivity contribution is 0.0467. The molecular formula is C13H24N2. The summed E-state index contributed by atoms with van der Waals surface area (Å²) < 4.78 is 0. The molecule has 86 valence electrons. The monoisotopic (exact) mass is 208 g/mol. The minimum atomic E-state index is 0.904. The van der Waals surface area contributed by atoms with Crippen LogP contribution in [0, 0.1) is 11.8 Å². The van der Waals surface area contributed by atoms with Gasteiger partial charge in [-0.25, -0.2) is 0 Å². The van der Waals surface area contributed by atoms with Crippen LogP contribution in [0.5, 0.6) is 0 Å². The van der Waals surface area contributed by atoms with Crippen LogP contribution in [0.25, 0.3) is 0 Å². The van der Waals surface area contributed by atoms with Crippen LogP contribution in [-0.4, -0.2) is 48.6 Å². The highest BCUT2D eigenvalue weighted by atomic mass is 15.3. The minimum absolute atomic E-state index is 0.904. The van der Waals surface area contributed by atoms with E-state index >= 15 is 0 Å². The number of fused-ring (bicyclic) bond motifs is 1. The van der Waals surface area contributed by atoms with Crippen LogP contribution in [0.4, 0.5) is 0 Å². The molecule has 2 heteroatoms. The van der Waals surface area contributed by atoms with E-state index < -0.39 is 0 Å². The lowest BCUT2D eigenvalue weighted by Gasteiger charge is -2.44. The van der Waals surface area contributed by atoms with Gasteiger partial charge in [0.05, 0.1) is 0 Å². The van der Waals surface area contributed by atoms with E-state index in [4.69, 9.17) is 0 Å². The van der Waals surface area contributed by atoms with Gasteiger partial charge in [-0.15, -0.1) is 0 Å². The number of piperazine rings is 1. The van der Waals surface area contributed by atoms with Crippen molar-refractivity contribution in [2.75, 3.05) is 32.7 Å². The summed E-state index contributed by atoms with van der Waals surface area (Å²) in [4.78, 5) is 5.47. The summed E-state index contributed by atoms with van der Waals surface area (Å²) in [5.74, 6) is 2.06. The fourth-order valence-corrected chi connectivity index (χ4v) is 3.37. The number of hydrogen-bond donors (Lipinski definition) is 0. The lowest BCUT2D eigenvalue weighted by atomic mass is 9.99. The first-order chi connectivity index (χ1) is 7.33. The summed E-state index contributed by atoms with van der Waals surface area (Å²) in [5.41, 5.74) is 0. The summed E-state index contributed by atoms with van der Waals surface area (Å²) in [5, 5.41) is 0. The first-order valence-corrected chi connectivity index (χ1v) is 6.79. The first-order valence-electron chi connectivity index (χ1n) is 6.79. The van der Waals surface area contributed by atoms with E-state index in [1.54, 1.807) is 0 Å². The zero-order valence-corrected chi connectivity index (χ0v) is 9.99. The Morgan fingerprint density at radius 3 is 2.80 bits per heavy atom. The average Bonchev–Trinajstić information content (AvgIpc) is 2.94. The van der Waals surface area contributed by atoms with Crippen LogP contribution in [0.2, 0.25) is 0 Å². The summed E-state index contributed by atoms with van der Waals surface area (Å²) >= 11 is 0. The first kappa shape index (κ1) is 10.1. The molecule has 3 atom stereocenters. The predicted molar refractivity (Wildman–Crippen MR) is 62.9 cm³/mol. The van der Waals surface area contributed by atoms with Gasteiger partial charge in [-0.3, -0.25) is 4.90 Å². The number of piperidine rings is 1. The Morgan fingerprint density at radius 2 is 2.00 bits per heavy atom. The molecule has 0 aromatic rings. The Labute approximate surface area is 93.6 Å². The van der Waals surface area contributed by atoms with Crippen molar-refractivity contribution in [1.29, 1.82) is 0 Å².